The maximum atomic E-state index is 11.9. The molecule has 1 aromatic carbocycles. The Balaban J connectivity index is 2.32. The molecule has 0 saturated heterocycles. The highest BCUT2D eigenvalue weighted by molar-refractivity contribution is 6.33. The molecule has 0 spiro atoms. The van der Waals surface area contributed by atoms with Gasteiger partial charge < -0.3 is 11.1 Å². The number of benzene rings is 1. The first-order chi connectivity index (χ1) is 7.90. The molecule has 0 heterocycles. The van der Waals surface area contributed by atoms with Gasteiger partial charge in [0.15, 0.2) is 0 Å². The van der Waals surface area contributed by atoms with Crippen molar-refractivity contribution < 1.29 is 13.2 Å². The van der Waals surface area contributed by atoms with Crippen molar-refractivity contribution in [2.45, 2.75) is 25.4 Å². The number of nitrogens with two attached hydrogens (primary N) is 1. The predicted molar refractivity (Wildman–Crippen MR) is 64.3 cm³/mol. The molecule has 0 amide bonds. The van der Waals surface area contributed by atoms with Crippen molar-refractivity contribution in [2.24, 2.45) is 0 Å². The van der Waals surface area contributed by atoms with Gasteiger partial charge in [-0.25, -0.2) is 0 Å². The summed E-state index contributed by atoms with van der Waals surface area (Å²) in [5.41, 5.74) is 6.76. The van der Waals surface area contributed by atoms with Crippen molar-refractivity contribution in [1.82, 2.24) is 0 Å². The van der Waals surface area contributed by atoms with Gasteiger partial charge >= 0.3 is 6.18 Å². The first kappa shape index (κ1) is 14.0. The molecule has 0 aliphatic carbocycles. The maximum Gasteiger partial charge on any atom is 0.389 e. The lowest BCUT2D eigenvalue weighted by Gasteiger charge is -2.11. The zero-order chi connectivity index (χ0) is 12.9. The van der Waals surface area contributed by atoms with Gasteiger partial charge in [-0.05, 0) is 25.0 Å². The van der Waals surface area contributed by atoms with E-state index in [0.29, 0.717) is 29.4 Å². The normalized spacial score (nSPS) is 11.5. The highest BCUT2D eigenvalue weighted by Gasteiger charge is 2.25. The first-order valence-corrected chi connectivity index (χ1v) is 5.62. The Labute approximate surface area is 103 Å². The van der Waals surface area contributed by atoms with Gasteiger partial charge in [0.1, 0.15) is 0 Å². The summed E-state index contributed by atoms with van der Waals surface area (Å²) < 4.78 is 35.6. The number of hydrogen-bond acceptors (Lipinski definition) is 2. The van der Waals surface area contributed by atoms with E-state index >= 15 is 0 Å². The van der Waals surface area contributed by atoms with Crippen molar-refractivity contribution in [3.63, 3.8) is 0 Å². The van der Waals surface area contributed by atoms with Crippen molar-refractivity contribution >= 4 is 23.0 Å². The molecule has 0 aliphatic rings. The minimum atomic E-state index is -4.08. The van der Waals surface area contributed by atoms with E-state index in [2.05, 4.69) is 5.32 Å². The standard InChI is InChI=1S/C11H14ClF3N2/c12-8-4-3-5-9(16)10(8)17-7-2-1-6-11(13,14)15/h3-5,17H,1-2,6-7,16H2. The molecule has 0 bridgehead atoms. The van der Waals surface area contributed by atoms with Crippen LogP contribution in [-0.4, -0.2) is 12.7 Å². The quantitative estimate of drug-likeness (QED) is 0.623. The van der Waals surface area contributed by atoms with Crippen LogP contribution in [0.1, 0.15) is 19.3 Å². The number of halogens is 4. The van der Waals surface area contributed by atoms with Crippen LogP contribution in [0.4, 0.5) is 24.5 Å². The second-order valence-electron chi connectivity index (χ2n) is 3.70. The number of unbranched alkanes of at least 4 members (excludes halogenated alkanes) is 1. The van der Waals surface area contributed by atoms with E-state index < -0.39 is 12.6 Å². The predicted octanol–water partition coefficient (Wildman–Crippen LogP) is 4.07. The molecule has 0 aliphatic heterocycles. The van der Waals surface area contributed by atoms with Crippen molar-refractivity contribution in [1.29, 1.82) is 0 Å². The van der Waals surface area contributed by atoms with Crippen LogP contribution in [0.5, 0.6) is 0 Å². The number of anilines is 2. The minimum absolute atomic E-state index is 0.0981. The fourth-order valence-corrected chi connectivity index (χ4v) is 1.64. The Morgan fingerprint density at radius 1 is 1.24 bits per heavy atom. The fourth-order valence-electron chi connectivity index (χ4n) is 1.39. The zero-order valence-corrected chi connectivity index (χ0v) is 9.91. The lowest BCUT2D eigenvalue weighted by atomic mass is 10.2. The summed E-state index contributed by atoms with van der Waals surface area (Å²) in [5, 5.41) is 3.42. The number of para-hydroxylation sites is 1. The molecule has 1 rings (SSSR count). The summed E-state index contributed by atoms with van der Waals surface area (Å²) in [6.45, 7) is 0.421. The molecular formula is C11H14ClF3N2. The topological polar surface area (TPSA) is 38.0 Å². The molecule has 0 aromatic heterocycles. The molecule has 0 unspecified atom stereocenters. The summed E-state index contributed by atoms with van der Waals surface area (Å²) in [7, 11) is 0. The lowest BCUT2D eigenvalue weighted by Crippen LogP contribution is -2.09. The molecule has 0 atom stereocenters. The molecule has 2 nitrogen and oxygen atoms in total. The van der Waals surface area contributed by atoms with Gasteiger partial charge in [0.25, 0.3) is 0 Å². The second-order valence-corrected chi connectivity index (χ2v) is 4.11. The number of nitrogens with one attached hydrogen (secondary N) is 1. The third-order valence-electron chi connectivity index (χ3n) is 2.23. The van der Waals surface area contributed by atoms with Gasteiger partial charge in [0.05, 0.1) is 16.4 Å². The Morgan fingerprint density at radius 2 is 1.94 bits per heavy atom. The van der Waals surface area contributed by atoms with E-state index in [1.54, 1.807) is 18.2 Å². The Morgan fingerprint density at radius 3 is 2.53 bits per heavy atom. The largest absolute Gasteiger partial charge is 0.397 e. The van der Waals surface area contributed by atoms with E-state index in [0.717, 1.165) is 0 Å². The van der Waals surface area contributed by atoms with Crippen LogP contribution in [0.25, 0.3) is 0 Å². The molecule has 96 valence electrons. The van der Waals surface area contributed by atoms with Crippen LogP contribution in [0.3, 0.4) is 0 Å². The summed E-state index contributed by atoms with van der Waals surface area (Å²) in [4.78, 5) is 0. The van der Waals surface area contributed by atoms with Crippen molar-refractivity contribution in [2.75, 3.05) is 17.6 Å². The van der Waals surface area contributed by atoms with Crippen LogP contribution in [0, 0.1) is 0 Å². The van der Waals surface area contributed by atoms with Gasteiger partial charge in [0.2, 0.25) is 0 Å². The monoisotopic (exact) mass is 266 g/mol. The highest BCUT2D eigenvalue weighted by Crippen LogP contribution is 2.28. The second kappa shape index (κ2) is 6.00. The molecule has 0 saturated carbocycles. The van der Waals surface area contributed by atoms with Crippen LogP contribution < -0.4 is 11.1 Å². The number of rotatable bonds is 5. The summed E-state index contributed by atoms with van der Waals surface area (Å²) >= 11 is 5.89. The summed E-state index contributed by atoms with van der Waals surface area (Å²) in [5.74, 6) is 0. The van der Waals surface area contributed by atoms with E-state index in [1.165, 1.54) is 0 Å². The maximum absolute atomic E-state index is 11.9. The molecule has 6 heteroatoms. The van der Waals surface area contributed by atoms with Gasteiger partial charge in [-0.15, -0.1) is 0 Å². The fraction of sp³-hybridized carbons (Fsp3) is 0.455. The van der Waals surface area contributed by atoms with E-state index in [4.69, 9.17) is 17.3 Å². The molecule has 17 heavy (non-hydrogen) atoms. The molecule has 3 N–H and O–H groups in total. The molecular weight excluding hydrogens is 253 g/mol. The van der Waals surface area contributed by atoms with Gasteiger partial charge in [-0.2, -0.15) is 13.2 Å². The first-order valence-electron chi connectivity index (χ1n) is 5.25. The van der Waals surface area contributed by atoms with Crippen LogP contribution in [0.2, 0.25) is 5.02 Å². The Hall–Kier alpha value is -1.10. The SMILES string of the molecule is Nc1cccc(Cl)c1NCCCCC(F)(F)F. The van der Waals surface area contributed by atoms with E-state index in [9.17, 15) is 13.2 Å². The average Bonchev–Trinajstić information content (AvgIpc) is 2.20. The van der Waals surface area contributed by atoms with E-state index in [1.807, 2.05) is 0 Å². The molecule has 0 fully saturated rings. The number of hydrogen-bond donors (Lipinski definition) is 2. The van der Waals surface area contributed by atoms with Crippen LogP contribution >= 0.6 is 11.6 Å². The molecule has 1 aromatic rings. The lowest BCUT2D eigenvalue weighted by molar-refractivity contribution is -0.135. The minimum Gasteiger partial charge on any atom is -0.397 e. The van der Waals surface area contributed by atoms with Gasteiger partial charge in [0, 0.05) is 13.0 Å². The van der Waals surface area contributed by atoms with Gasteiger partial charge in [-0.3, -0.25) is 0 Å². The van der Waals surface area contributed by atoms with Crippen LogP contribution in [-0.2, 0) is 0 Å². The summed E-state index contributed by atoms with van der Waals surface area (Å²) in [6, 6.07) is 5.08. The molecule has 0 radical (unpaired) electrons. The van der Waals surface area contributed by atoms with Crippen molar-refractivity contribution in [3.8, 4) is 0 Å². The third kappa shape index (κ3) is 5.17. The highest BCUT2D eigenvalue weighted by atomic mass is 35.5. The van der Waals surface area contributed by atoms with E-state index in [-0.39, 0.29) is 6.42 Å². The third-order valence-corrected chi connectivity index (χ3v) is 2.55. The Bertz CT molecular complexity index is 346. The smallest absolute Gasteiger partial charge is 0.389 e. The number of alkyl halides is 3. The van der Waals surface area contributed by atoms with Crippen molar-refractivity contribution in [3.05, 3.63) is 23.2 Å². The average molecular weight is 267 g/mol. The Kier molecular flexibility index (Phi) is 4.93. The zero-order valence-electron chi connectivity index (χ0n) is 9.15. The van der Waals surface area contributed by atoms with Gasteiger partial charge in [-0.1, -0.05) is 17.7 Å². The number of nitrogen functional groups attached to an aromatic ring is 1. The summed E-state index contributed by atoms with van der Waals surface area (Å²) in [6.07, 6.45) is -4.32. The van der Waals surface area contributed by atoms with Crippen LogP contribution in [0.15, 0.2) is 18.2 Å².